The summed E-state index contributed by atoms with van der Waals surface area (Å²) < 4.78 is 5.49. The van der Waals surface area contributed by atoms with E-state index in [0.29, 0.717) is 17.9 Å². The zero-order valence-electron chi connectivity index (χ0n) is 19.6. The van der Waals surface area contributed by atoms with Gasteiger partial charge < -0.3 is 20.7 Å². The highest BCUT2D eigenvalue weighted by Gasteiger charge is 2.45. The standard InChI is InChI=1S/C29H30N4O/c1-20(31-17-16-30)21(2)32-19-24-12-13-25(34-4)18-27(24)22(3)33-29(14-15-29)28-11-7-9-23-8-5-6-10-26(23)28/h5-13,18,31-33H,1-3,14-15,17,19H2,4H3. The first-order valence-electron chi connectivity index (χ1n) is 11.3. The second-order valence-electron chi connectivity index (χ2n) is 8.56. The van der Waals surface area contributed by atoms with Gasteiger partial charge in [-0.15, -0.1) is 0 Å². The molecule has 5 heteroatoms. The maximum atomic E-state index is 8.76. The topological polar surface area (TPSA) is 69.1 Å². The number of nitrogens with one attached hydrogen (secondary N) is 3. The summed E-state index contributed by atoms with van der Waals surface area (Å²) in [6.07, 6.45) is 2.11. The van der Waals surface area contributed by atoms with Crippen molar-refractivity contribution in [3.63, 3.8) is 0 Å². The molecule has 1 aliphatic carbocycles. The van der Waals surface area contributed by atoms with Gasteiger partial charge in [0, 0.05) is 23.5 Å². The molecule has 172 valence electrons. The number of nitrogens with zero attached hydrogens (tertiary/aromatic N) is 1. The third kappa shape index (κ3) is 4.77. The summed E-state index contributed by atoms with van der Waals surface area (Å²) in [6.45, 7) is 13.1. The lowest BCUT2D eigenvalue weighted by Gasteiger charge is -2.24. The van der Waals surface area contributed by atoms with Crippen molar-refractivity contribution < 1.29 is 4.74 Å². The summed E-state index contributed by atoms with van der Waals surface area (Å²) in [5.74, 6) is 0.774. The molecule has 5 nitrogen and oxygen atoms in total. The molecule has 3 N–H and O–H groups in total. The fourth-order valence-corrected chi connectivity index (χ4v) is 4.26. The van der Waals surface area contributed by atoms with Crippen molar-refractivity contribution in [2.24, 2.45) is 0 Å². The Morgan fingerprint density at radius 2 is 1.74 bits per heavy atom. The SMILES string of the molecule is C=C(NCC#N)C(=C)NCc1ccc(OC)cc1C(=C)NC1(c2cccc3ccccc23)CC1. The lowest BCUT2D eigenvalue weighted by molar-refractivity contribution is 0.414. The molecule has 0 amide bonds. The normalized spacial score (nSPS) is 13.4. The largest absolute Gasteiger partial charge is 0.497 e. The minimum atomic E-state index is -0.120. The maximum absolute atomic E-state index is 8.76. The van der Waals surface area contributed by atoms with Gasteiger partial charge in [0.2, 0.25) is 0 Å². The summed E-state index contributed by atoms with van der Waals surface area (Å²) >= 11 is 0. The molecule has 0 spiro atoms. The lowest BCUT2D eigenvalue weighted by Crippen LogP contribution is -2.28. The molecule has 0 radical (unpaired) electrons. The van der Waals surface area contributed by atoms with E-state index in [1.807, 2.05) is 24.3 Å². The molecule has 3 aromatic rings. The Morgan fingerprint density at radius 3 is 2.47 bits per heavy atom. The van der Waals surface area contributed by atoms with E-state index in [1.165, 1.54) is 16.3 Å². The molecule has 1 aliphatic rings. The Morgan fingerprint density at radius 1 is 1.00 bits per heavy atom. The fraction of sp³-hybridized carbons (Fsp3) is 0.207. The van der Waals surface area contributed by atoms with Gasteiger partial charge in [0.15, 0.2) is 0 Å². The molecule has 0 atom stereocenters. The van der Waals surface area contributed by atoms with Crippen LogP contribution in [0.15, 0.2) is 91.8 Å². The van der Waals surface area contributed by atoms with Crippen molar-refractivity contribution in [3.8, 4) is 11.8 Å². The summed E-state index contributed by atoms with van der Waals surface area (Å²) in [4.78, 5) is 0. The molecule has 0 saturated heterocycles. The van der Waals surface area contributed by atoms with Gasteiger partial charge in [0.1, 0.15) is 12.3 Å². The van der Waals surface area contributed by atoms with E-state index in [2.05, 4.69) is 78.2 Å². The predicted octanol–water partition coefficient (Wildman–Crippen LogP) is 5.33. The van der Waals surface area contributed by atoms with Gasteiger partial charge in [-0.2, -0.15) is 5.26 Å². The van der Waals surface area contributed by atoms with Crippen LogP contribution in [-0.2, 0) is 12.1 Å². The minimum Gasteiger partial charge on any atom is -0.497 e. The minimum absolute atomic E-state index is 0.120. The second-order valence-corrected chi connectivity index (χ2v) is 8.56. The maximum Gasteiger partial charge on any atom is 0.119 e. The predicted molar refractivity (Wildman–Crippen MR) is 139 cm³/mol. The summed E-state index contributed by atoms with van der Waals surface area (Å²) in [6, 6.07) is 23.0. The van der Waals surface area contributed by atoms with Gasteiger partial charge in [-0.25, -0.2) is 0 Å². The number of hydrogen-bond acceptors (Lipinski definition) is 5. The summed E-state index contributed by atoms with van der Waals surface area (Å²) in [7, 11) is 1.67. The number of ether oxygens (including phenoxy) is 1. The van der Waals surface area contributed by atoms with Crippen molar-refractivity contribution in [3.05, 3.63) is 108 Å². The van der Waals surface area contributed by atoms with Crippen LogP contribution in [0.4, 0.5) is 0 Å². The van der Waals surface area contributed by atoms with E-state index in [9.17, 15) is 0 Å². The van der Waals surface area contributed by atoms with Gasteiger partial charge in [0.05, 0.1) is 24.4 Å². The first-order valence-corrected chi connectivity index (χ1v) is 11.3. The number of benzene rings is 3. The van der Waals surface area contributed by atoms with Crippen LogP contribution in [0, 0.1) is 11.3 Å². The third-order valence-electron chi connectivity index (χ3n) is 6.32. The van der Waals surface area contributed by atoms with Crippen molar-refractivity contribution in [2.45, 2.75) is 24.9 Å². The smallest absolute Gasteiger partial charge is 0.119 e. The quantitative estimate of drug-likeness (QED) is 0.272. The van der Waals surface area contributed by atoms with Crippen LogP contribution in [0.3, 0.4) is 0 Å². The molecule has 4 rings (SSSR count). The zero-order valence-corrected chi connectivity index (χ0v) is 19.6. The Bertz CT molecular complexity index is 1290. The molecule has 3 aromatic carbocycles. The van der Waals surface area contributed by atoms with Crippen LogP contribution in [0.1, 0.15) is 29.5 Å². The van der Waals surface area contributed by atoms with Gasteiger partial charge in [0.25, 0.3) is 0 Å². The van der Waals surface area contributed by atoms with Crippen molar-refractivity contribution in [2.75, 3.05) is 13.7 Å². The molecule has 34 heavy (non-hydrogen) atoms. The molecular formula is C29H30N4O. The monoisotopic (exact) mass is 450 g/mol. The third-order valence-corrected chi connectivity index (χ3v) is 6.32. The van der Waals surface area contributed by atoms with E-state index in [1.54, 1.807) is 7.11 Å². The highest BCUT2D eigenvalue weighted by molar-refractivity contribution is 5.87. The van der Waals surface area contributed by atoms with Crippen LogP contribution in [-0.4, -0.2) is 13.7 Å². The van der Waals surface area contributed by atoms with E-state index in [4.69, 9.17) is 10.00 Å². The van der Waals surface area contributed by atoms with Crippen LogP contribution in [0.5, 0.6) is 5.75 Å². The van der Waals surface area contributed by atoms with Crippen molar-refractivity contribution in [1.29, 1.82) is 5.26 Å². The van der Waals surface area contributed by atoms with E-state index in [-0.39, 0.29) is 12.1 Å². The molecule has 0 heterocycles. The van der Waals surface area contributed by atoms with E-state index < -0.39 is 0 Å². The molecule has 0 unspecified atom stereocenters. The van der Waals surface area contributed by atoms with Crippen LogP contribution in [0.25, 0.3) is 16.5 Å². The first kappa shape index (κ1) is 23.0. The van der Waals surface area contributed by atoms with Gasteiger partial charge >= 0.3 is 0 Å². The number of fused-ring (bicyclic) bond motifs is 1. The Kier molecular flexibility index (Phi) is 6.60. The van der Waals surface area contributed by atoms with E-state index >= 15 is 0 Å². The van der Waals surface area contributed by atoms with Crippen molar-refractivity contribution >= 4 is 16.5 Å². The summed E-state index contributed by atoms with van der Waals surface area (Å²) in [5, 5.41) is 21.3. The highest BCUT2D eigenvalue weighted by atomic mass is 16.5. The van der Waals surface area contributed by atoms with Crippen LogP contribution >= 0.6 is 0 Å². The molecule has 1 fully saturated rings. The fourth-order valence-electron chi connectivity index (χ4n) is 4.26. The lowest BCUT2D eigenvalue weighted by atomic mass is 9.95. The molecule has 0 aliphatic heterocycles. The Balaban J connectivity index is 1.56. The van der Waals surface area contributed by atoms with Crippen molar-refractivity contribution in [1.82, 2.24) is 16.0 Å². The average molecular weight is 451 g/mol. The van der Waals surface area contributed by atoms with Crippen LogP contribution in [0.2, 0.25) is 0 Å². The highest BCUT2D eigenvalue weighted by Crippen LogP contribution is 2.49. The molecule has 0 bridgehead atoms. The Hall–Kier alpha value is -4.17. The number of rotatable bonds is 11. The number of hydrogen-bond donors (Lipinski definition) is 3. The average Bonchev–Trinajstić information content (AvgIpc) is 3.65. The Labute approximate surface area is 201 Å². The molecule has 1 saturated carbocycles. The van der Waals surface area contributed by atoms with Gasteiger partial charge in [-0.1, -0.05) is 68.3 Å². The molecular weight excluding hydrogens is 420 g/mol. The second kappa shape index (κ2) is 9.76. The number of nitriles is 1. The van der Waals surface area contributed by atoms with Gasteiger partial charge in [-0.3, -0.25) is 0 Å². The zero-order chi connectivity index (χ0) is 24.1. The summed E-state index contributed by atoms with van der Waals surface area (Å²) in [5.41, 5.74) is 5.33. The van der Waals surface area contributed by atoms with Crippen LogP contribution < -0.4 is 20.7 Å². The number of methoxy groups -OCH3 is 1. The van der Waals surface area contributed by atoms with Gasteiger partial charge in [-0.05, 0) is 46.9 Å². The molecule has 0 aromatic heterocycles. The van der Waals surface area contributed by atoms with E-state index in [0.717, 1.165) is 35.4 Å². The first-order chi connectivity index (χ1) is 16.5.